The summed E-state index contributed by atoms with van der Waals surface area (Å²) in [6.07, 6.45) is 11.6. The summed E-state index contributed by atoms with van der Waals surface area (Å²) >= 11 is 6.39. The molecule has 1 saturated carbocycles. The van der Waals surface area contributed by atoms with Crippen LogP contribution in [-0.2, 0) is 0 Å². The summed E-state index contributed by atoms with van der Waals surface area (Å²) in [7, 11) is 2.27. The summed E-state index contributed by atoms with van der Waals surface area (Å²) in [6, 6.07) is 8.57. The first-order valence-corrected chi connectivity index (χ1v) is 11.6. The van der Waals surface area contributed by atoms with Crippen molar-refractivity contribution in [3.63, 3.8) is 0 Å². The average molecular weight is 424 g/mol. The smallest absolute Gasteiger partial charge is 0.137 e. The number of H-pyrrole nitrogens is 1. The molecule has 1 aliphatic carbocycles. The number of anilines is 1. The quantitative estimate of drug-likeness (QED) is 0.537. The van der Waals surface area contributed by atoms with E-state index in [1.807, 2.05) is 18.3 Å². The van der Waals surface area contributed by atoms with Gasteiger partial charge in [-0.15, -0.1) is 0 Å². The summed E-state index contributed by atoms with van der Waals surface area (Å²) in [5.41, 5.74) is 3.06. The second kappa shape index (κ2) is 8.56. The van der Waals surface area contributed by atoms with Crippen LogP contribution in [0.25, 0.3) is 22.2 Å². The standard InChI is InChI=1S/C24H30ClN5/c1-30-11-3-4-17(15-30)16-6-8-19(9-7-16)28-23-13-18(12-22(25)29-23)21-14-27-24-20(21)5-2-10-26-24/h2,5,10,12-14,16-17,19H,3-4,6-9,11,15H2,1H3,(H,26,27)(H,28,29). The largest absolute Gasteiger partial charge is 0.367 e. The average Bonchev–Trinajstić information content (AvgIpc) is 3.18. The van der Waals surface area contributed by atoms with Gasteiger partial charge in [-0.25, -0.2) is 9.97 Å². The maximum absolute atomic E-state index is 6.39. The Kier molecular flexibility index (Phi) is 5.66. The van der Waals surface area contributed by atoms with Crippen molar-refractivity contribution in [2.45, 2.75) is 44.6 Å². The third-order valence-corrected chi connectivity index (χ3v) is 7.20. The molecule has 2 fully saturated rings. The van der Waals surface area contributed by atoms with E-state index in [0.29, 0.717) is 11.2 Å². The third-order valence-electron chi connectivity index (χ3n) is 7.01. The number of nitrogens with zero attached hydrogens (tertiary/aromatic N) is 3. The van der Waals surface area contributed by atoms with E-state index in [1.54, 1.807) is 6.20 Å². The van der Waals surface area contributed by atoms with Crippen molar-refractivity contribution in [2.75, 3.05) is 25.5 Å². The normalized spacial score (nSPS) is 25.5. The molecule has 3 aromatic rings. The minimum atomic E-state index is 0.478. The zero-order valence-corrected chi connectivity index (χ0v) is 18.3. The van der Waals surface area contributed by atoms with E-state index in [-0.39, 0.29) is 0 Å². The van der Waals surface area contributed by atoms with Gasteiger partial charge < -0.3 is 15.2 Å². The highest BCUT2D eigenvalue weighted by Crippen LogP contribution is 2.36. The van der Waals surface area contributed by atoms with Crippen molar-refractivity contribution in [3.8, 4) is 11.1 Å². The SMILES string of the molecule is CN1CCCC(C2CCC(Nc3cc(-c4c[nH]c5ncccc45)cc(Cl)n3)CC2)C1. The van der Waals surface area contributed by atoms with Crippen LogP contribution >= 0.6 is 11.6 Å². The van der Waals surface area contributed by atoms with Crippen LogP contribution < -0.4 is 5.32 Å². The van der Waals surface area contributed by atoms with E-state index in [0.717, 1.165) is 39.8 Å². The molecule has 6 heteroatoms. The van der Waals surface area contributed by atoms with Gasteiger partial charge in [0.25, 0.3) is 0 Å². The van der Waals surface area contributed by atoms with Gasteiger partial charge in [-0.3, -0.25) is 0 Å². The Morgan fingerprint density at radius 1 is 1.13 bits per heavy atom. The van der Waals surface area contributed by atoms with Crippen LogP contribution in [0.1, 0.15) is 38.5 Å². The fourth-order valence-electron chi connectivity index (χ4n) is 5.46. The van der Waals surface area contributed by atoms with Crippen molar-refractivity contribution in [3.05, 3.63) is 41.8 Å². The van der Waals surface area contributed by atoms with Crippen molar-refractivity contribution < 1.29 is 0 Å². The van der Waals surface area contributed by atoms with Gasteiger partial charge >= 0.3 is 0 Å². The predicted molar refractivity (Wildman–Crippen MR) is 124 cm³/mol. The molecule has 2 N–H and O–H groups in total. The van der Waals surface area contributed by atoms with E-state index in [1.165, 1.54) is 51.6 Å². The molecule has 0 bridgehead atoms. The number of hydrogen-bond donors (Lipinski definition) is 2. The van der Waals surface area contributed by atoms with Crippen molar-refractivity contribution >= 4 is 28.5 Å². The van der Waals surface area contributed by atoms with Crippen LogP contribution in [-0.4, -0.2) is 46.0 Å². The molecule has 4 heterocycles. The van der Waals surface area contributed by atoms with Crippen LogP contribution in [0.3, 0.4) is 0 Å². The number of nitrogens with one attached hydrogen (secondary N) is 2. The molecule has 0 amide bonds. The molecule has 5 nitrogen and oxygen atoms in total. The lowest BCUT2D eigenvalue weighted by Gasteiger charge is -2.39. The van der Waals surface area contributed by atoms with Gasteiger partial charge in [0.1, 0.15) is 16.6 Å². The highest BCUT2D eigenvalue weighted by atomic mass is 35.5. The number of hydrogen-bond acceptors (Lipinski definition) is 4. The van der Waals surface area contributed by atoms with Crippen LogP contribution in [0.4, 0.5) is 5.82 Å². The summed E-state index contributed by atoms with van der Waals surface area (Å²) in [4.78, 5) is 14.7. The fourth-order valence-corrected chi connectivity index (χ4v) is 5.66. The molecule has 0 aromatic carbocycles. The molecule has 1 unspecified atom stereocenters. The summed E-state index contributed by atoms with van der Waals surface area (Å²) in [6.45, 7) is 2.55. The zero-order chi connectivity index (χ0) is 20.5. The summed E-state index contributed by atoms with van der Waals surface area (Å²) < 4.78 is 0. The topological polar surface area (TPSA) is 56.8 Å². The molecule has 3 aromatic heterocycles. The molecule has 1 atom stereocenters. The van der Waals surface area contributed by atoms with Gasteiger partial charge in [-0.1, -0.05) is 11.6 Å². The minimum Gasteiger partial charge on any atom is -0.367 e. The maximum Gasteiger partial charge on any atom is 0.137 e. The molecule has 1 saturated heterocycles. The van der Waals surface area contributed by atoms with Crippen LogP contribution in [0.5, 0.6) is 0 Å². The van der Waals surface area contributed by atoms with E-state index in [2.05, 4.69) is 44.3 Å². The Labute approximate surface area is 183 Å². The van der Waals surface area contributed by atoms with Crippen molar-refractivity contribution in [2.24, 2.45) is 11.8 Å². The number of fused-ring (bicyclic) bond motifs is 1. The van der Waals surface area contributed by atoms with Gasteiger partial charge in [-0.05, 0) is 93.8 Å². The predicted octanol–water partition coefficient (Wildman–Crippen LogP) is 5.59. The van der Waals surface area contributed by atoms with Crippen molar-refractivity contribution in [1.29, 1.82) is 0 Å². The highest BCUT2D eigenvalue weighted by molar-refractivity contribution is 6.29. The van der Waals surface area contributed by atoms with Crippen LogP contribution in [0.15, 0.2) is 36.7 Å². The summed E-state index contributed by atoms with van der Waals surface area (Å²) in [5.74, 6) is 2.64. The molecular formula is C24H30ClN5. The molecule has 30 heavy (non-hydrogen) atoms. The molecule has 5 rings (SSSR count). The van der Waals surface area contributed by atoms with Crippen LogP contribution in [0, 0.1) is 11.8 Å². The van der Waals surface area contributed by atoms with Gasteiger partial charge in [0.15, 0.2) is 0 Å². The number of piperidine rings is 1. The molecule has 0 spiro atoms. The first kappa shape index (κ1) is 19.8. The van der Waals surface area contributed by atoms with Gasteiger partial charge in [0.05, 0.1) is 0 Å². The lowest BCUT2D eigenvalue weighted by Crippen LogP contribution is -2.38. The number of aromatic nitrogens is 3. The monoisotopic (exact) mass is 423 g/mol. The zero-order valence-electron chi connectivity index (χ0n) is 17.6. The van der Waals surface area contributed by atoms with E-state index < -0.39 is 0 Å². The van der Waals surface area contributed by atoms with Gasteiger partial charge in [0, 0.05) is 35.9 Å². The number of rotatable bonds is 4. The third kappa shape index (κ3) is 4.19. The minimum absolute atomic E-state index is 0.478. The van der Waals surface area contributed by atoms with Gasteiger partial charge in [-0.2, -0.15) is 0 Å². The lowest BCUT2D eigenvalue weighted by molar-refractivity contribution is 0.131. The Morgan fingerprint density at radius 3 is 2.83 bits per heavy atom. The Hall–Kier alpha value is -2.11. The Balaban J connectivity index is 1.27. The van der Waals surface area contributed by atoms with E-state index >= 15 is 0 Å². The number of aromatic amines is 1. The highest BCUT2D eigenvalue weighted by Gasteiger charge is 2.30. The lowest BCUT2D eigenvalue weighted by atomic mass is 9.75. The molecule has 2 aliphatic rings. The Morgan fingerprint density at radius 2 is 2.00 bits per heavy atom. The number of halogens is 1. The molecule has 0 radical (unpaired) electrons. The Bertz CT molecular complexity index is 1010. The maximum atomic E-state index is 6.39. The second-order valence-corrected chi connectivity index (χ2v) is 9.47. The van der Waals surface area contributed by atoms with Crippen LogP contribution in [0.2, 0.25) is 5.15 Å². The molecule has 158 valence electrons. The number of likely N-dealkylation sites (tertiary alicyclic amines) is 1. The number of pyridine rings is 2. The summed E-state index contributed by atoms with van der Waals surface area (Å²) in [5, 5.41) is 5.29. The first-order valence-electron chi connectivity index (χ1n) is 11.2. The van der Waals surface area contributed by atoms with Crippen molar-refractivity contribution in [1.82, 2.24) is 19.9 Å². The van der Waals surface area contributed by atoms with Gasteiger partial charge in [0.2, 0.25) is 0 Å². The second-order valence-electron chi connectivity index (χ2n) is 9.09. The van der Waals surface area contributed by atoms with E-state index in [9.17, 15) is 0 Å². The fraction of sp³-hybridized carbons (Fsp3) is 0.500. The van der Waals surface area contributed by atoms with E-state index in [4.69, 9.17) is 11.6 Å². The first-order chi connectivity index (χ1) is 14.7. The molecule has 1 aliphatic heterocycles. The molecular weight excluding hydrogens is 394 g/mol.